The van der Waals surface area contributed by atoms with Gasteiger partial charge in [0.1, 0.15) is 12.1 Å². The molecule has 2 aromatic carbocycles. The fourth-order valence-corrected chi connectivity index (χ4v) is 2.56. The number of hydrogen-bond donors (Lipinski definition) is 1. The molecule has 3 aromatic rings. The minimum absolute atomic E-state index is 0.0530. The lowest BCUT2D eigenvalue weighted by Crippen LogP contribution is -2.01. The Hall–Kier alpha value is -2.86. The van der Waals surface area contributed by atoms with E-state index in [1.54, 1.807) is 0 Å². The van der Waals surface area contributed by atoms with Crippen LogP contribution in [-0.4, -0.2) is 9.97 Å². The molecule has 0 spiro atoms. The molecule has 1 unspecified atom stereocenters. The molecule has 1 aromatic heterocycles. The highest BCUT2D eigenvalue weighted by molar-refractivity contribution is 5.88. The van der Waals surface area contributed by atoms with Gasteiger partial charge < -0.3 is 5.73 Å². The summed E-state index contributed by atoms with van der Waals surface area (Å²) >= 11 is 0. The van der Waals surface area contributed by atoms with Gasteiger partial charge in [-0.3, -0.25) is 0 Å². The van der Waals surface area contributed by atoms with E-state index in [4.69, 9.17) is 12.2 Å². The zero-order chi connectivity index (χ0) is 15.5. The molecule has 1 atom stereocenters. The Morgan fingerprint density at radius 2 is 1.91 bits per heavy atom. The second-order valence-electron chi connectivity index (χ2n) is 5.44. The van der Waals surface area contributed by atoms with Crippen molar-refractivity contribution in [3.05, 3.63) is 65.5 Å². The van der Waals surface area contributed by atoms with Crippen LogP contribution in [0.1, 0.15) is 22.6 Å². The third kappa shape index (κ3) is 2.77. The number of aryl methyl sites for hydroxylation is 1. The summed E-state index contributed by atoms with van der Waals surface area (Å²) in [5.74, 6) is 3.44. The summed E-state index contributed by atoms with van der Waals surface area (Å²) in [6.07, 6.45) is 8.00. The smallest absolute Gasteiger partial charge is 0.134 e. The van der Waals surface area contributed by atoms with Crippen LogP contribution in [-0.2, 0) is 6.42 Å². The van der Waals surface area contributed by atoms with E-state index >= 15 is 0 Å². The standard InChI is InChI=1S/C19H17N3/c1-3-15(16-7-4-13(2)5-8-16)10-14-6-9-17-18(11-14)21-12-22-19(17)20/h1,4-9,11-12,15H,10H2,2H3,(H2,20,21,22). The maximum Gasteiger partial charge on any atom is 0.134 e. The third-order valence-corrected chi connectivity index (χ3v) is 3.85. The minimum Gasteiger partial charge on any atom is -0.383 e. The summed E-state index contributed by atoms with van der Waals surface area (Å²) in [4.78, 5) is 8.28. The van der Waals surface area contributed by atoms with Gasteiger partial charge in [0, 0.05) is 11.3 Å². The number of nitrogens with zero attached hydrogens (tertiary/aromatic N) is 2. The molecule has 0 aliphatic carbocycles. The highest BCUT2D eigenvalue weighted by atomic mass is 14.9. The van der Waals surface area contributed by atoms with Crippen molar-refractivity contribution in [2.24, 2.45) is 0 Å². The SMILES string of the molecule is C#CC(Cc1ccc2c(N)ncnc2c1)c1ccc(C)cc1. The van der Waals surface area contributed by atoms with Crippen molar-refractivity contribution in [2.45, 2.75) is 19.3 Å². The van der Waals surface area contributed by atoms with E-state index < -0.39 is 0 Å². The maximum absolute atomic E-state index is 5.86. The third-order valence-electron chi connectivity index (χ3n) is 3.85. The lowest BCUT2D eigenvalue weighted by molar-refractivity contribution is 0.863. The van der Waals surface area contributed by atoms with Crippen molar-refractivity contribution in [2.75, 3.05) is 5.73 Å². The summed E-state index contributed by atoms with van der Waals surface area (Å²) in [6, 6.07) is 14.4. The number of nitrogen functional groups attached to an aromatic ring is 1. The molecule has 0 saturated carbocycles. The van der Waals surface area contributed by atoms with E-state index in [1.165, 1.54) is 11.9 Å². The van der Waals surface area contributed by atoms with Crippen LogP contribution in [0.3, 0.4) is 0 Å². The van der Waals surface area contributed by atoms with Crippen molar-refractivity contribution < 1.29 is 0 Å². The summed E-state index contributed by atoms with van der Waals surface area (Å²) in [5.41, 5.74) is 10.3. The van der Waals surface area contributed by atoms with E-state index in [1.807, 2.05) is 18.2 Å². The molecule has 3 nitrogen and oxygen atoms in total. The summed E-state index contributed by atoms with van der Waals surface area (Å²) in [7, 11) is 0. The normalized spacial score (nSPS) is 12.0. The van der Waals surface area contributed by atoms with Crippen LogP contribution in [0.4, 0.5) is 5.82 Å². The molecule has 0 amide bonds. The first-order valence-corrected chi connectivity index (χ1v) is 7.19. The van der Waals surface area contributed by atoms with Crippen LogP contribution in [0, 0.1) is 19.3 Å². The van der Waals surface area contributed by atoms with Gasteiger partial charge in [0.15, 0.2) is 0 Å². The van der Waals surface area contributed by atoms with Crippen LogP contribution in [0.25, 0.3) is 10.9 Å². The fourth-order valence-electron chi connectivity index (χ4n) is 2.56. The first kappa shape index (κ1) is 14.1. The van der Waals surface area contributed by atoms with Crippen molar-refractivity contribution >= 4 is 16.7 Å². The Morgan fingerprint density at radius 3 is 2.64 bits per heavy atom. The largest absolute Gasteiger partial charge is 0.383 e. The fraction of sp³-hybridized carbons (Fsp3) is 0.158. The molecular weight excluding hydrogens is 270 g/mol. The van der Waals surface area contributed by atoms with Crippen molar-refractivity contribution in [3.63, 3.8) is 0 Å². The Kier molecular flexibility index (Phi) is 3.76. The van der Waals surface area contributed by atoms with E-state index in [0.29, 0.717) is 5.82 Å². The van der Waals surface area contributed by atoms with Crippen LogP contribution >= 0.6 is 0 Å². The average molecular weight is 287 g/mol. The monoisotopic (exact) mass is 287 g/mol. The maximum atomic E-state index is 5.86. The lowest BCUT2D eigenvalue weighted by Gasteiger charge is -2.12. The van der Waals surface area contributed by atoms with E-state index in [-0.39, 0.29) is 5.92 Å². The van der Waals surface area contributed by atoms with Crippen LogP contribution in [0.15, 0.2) is 48.8 Å². The minimum atomic E-state index is 0.0530. The Morgan fingerprint density at radius 1 is 1.14 bits per heavy atom. The molecule has 0 aliphatic rings. The number of fused-ring (bicyclic) bond motifs is 1. The first-order valence-electron chi connectivity index (χ1n) is 7.19. The molecule has 0 bridgehead atoms. The number of hydrogen-bond acceptors (Lipinski definition) is 3. The summed E-state index contributed by atoms with van der Waals surface area (Å²) < 4.78 is 0. The Labute approximate surface area is 130 Å². The lowest BCUT2D eigenvalue weighted by atomic mass is 9.92. The van der Waals surface area contributed by atoms with Gasteiger partial charge in [0.05, 0.1) is 5.52 Å². The van der Waals surface area contributed by atoms with E-state index in [2.05, 4.69) is 47.1 Å². The number of aromatic nitrogens is 2. The predicted molar refractivity (Wildman–Crippen MR) is 90.4 cm³/mol. The van der Waals surface area contributed by atoms with Crippen LogP contribution in [0.2, 0.25) is 0 Å². The molecule has 0 saturated heterocycles. The van der Waals surface area contributed by atoms with Gasteiger partial charge in [-0.1, -0.05) is 41.8 Å². The molecule has 0 fully saturated rings. The number of benzene rings is 2. The highest BCUT2D eigenvalue weighted by Gasteiger charge is 2.10. The van der Waals surface area contributed by atoms with Gasteiger partial charge >= 0.3 is 0 Å². The van der Waals surface area contributed by atoms with Crippen LogP contribution < -0.4 is 5.73 Å². The quantitative estimate of drug-likeness (QED) is 0.750. The topological polar surface area (TPSA) is 51.8 Å². The number of anilines is 1. The number of terminal acetylenes is 1. The van der Waals surface area contributed by atoms with Crippen LogP contribution in [0.5, 0.6) is 0 Å². The van der Waals surface area contributed by atoms with Gasteiger partial charge in [-0.05, 0) is 36.6 Å². The van der Waals surface area contributed by atoms with Gasteiger partial charge in [-0.2, -0.15) is 0 Å². The average Bonchev–Trinajstić information content (AvgIpc) is 2.54. The molecule has 2 N–H and O–H groups in total. The second kappa shape index (κ2) is 5.87. The van der Waals surface area contributed by atoms with E-state index in [0.717, 1.165) is 28.5 Å². The predicted octanol–water partition coefficient (Wildman–Crippen LogP) is 3.48. The molecule has 108 valence electrons. The van der Waals surface area contributed by atoms with Gasteiger partial charge in [-0.15, -0.1) is 6.42 Å². The molecular formula is C19H17N3. The van der Waals surface area contributed by atoms with Gasteiger partial charge in [0.2, 0.25) is 0 Å². The Balaban J connectivity index is 1.91. The summed E-state index contributed by atoms with van der Waals surface area (Å²) in [6.45, 7) is 2.07. The number of rotatable bonds is 3. The molecule has 0 aliphatic heterocycles. The molecule has 3 rings (SSSR count). The van der Waals surface area contributed by atoms with Gasteiger partial charge in [0.25, 0.3) is 0 Å². The Bertz CT molecular complexity index is 845. The second-order valence-corrected chi connectivity index (χ2v) is 5.44. The van der Waals surface area contributed by atoms with Crippen molar-refractivity contribution in [1.82, 2.24) is 9.97 Å². The van der Waals surface area contributed by atoms with Crippen molar-refractivity contribution in [3.8, 4) is 12.3 Å². The molecule has 3 heteroatoms. The highest BCUT2D eigenvalue weighted by Crippen LogP contribution is 2.24. The molecule has 22 heavy (non-hydrogen) atoms. The number of nitrogens with two attached hydrogens (primary N) is 1. The van der Waals surface area contributed by atoms with E-state index in [9.17, 15) is 0 Å². The first-order chi connectivity index (χ1) is 10.7. The summed E-state index contributed by atoms with van der Waals surface area (Å²) in [5, 5.41) is 0.874. The zero-order valence-electron chi connectivity index (χ0n) is 12.5. The van der Waals surface area contributed by atoms with Gasteiger partial charge in [-0.25, -0.2) is 9.97 Å². The molecule has 0 radical (unpaired) electrons. The zero-order valence-corrected chi connectivity index (χ0v) is 12.5. The molecule has 1 heterocycles. The van der Waals surface area contributed by atoms with Crippen molar-refractivity contribution in [1.29, 1.82) is 0 Å².